The number of hydrogen-bond acceptors (Lipinski definition) is 8. The number of benzene rings is 1. The van der Waals surface area contributed by atoms with Gasteiger partial charge in [0, 0.05) is 59.5 Å². The minimum absolute atomic E-state index is 0.0636. The van der Waals surface area contributed by atoms with Gasteiger partial charge in [-0.15, -0.1) is 0 Å². The number of nitrogens with zero attached hydrogens (tertiary/aromatic N) is 7. The van der Waals surface area contributed by atoms with Crippen molar-refractivity contribution in [2.75, 3.05) is 10.6 Å². The Balaban J connectivity index is 1.40. The molecule has 11 nitrogen and oxygen atoms in total. The van der Waals surface area contributed by atoms with Gasteiger partial charge in [-0.2, -0.15) is 5.10 Å². The van der Waals surface area contributed by atoms with Gasteiger partial charge in [0.15, 0.2) is 0 Å². The van der Waals surface area contributed by atoms with E-state index in [1.807, 2.05) is 32.2 Å². The first-order valence-corrected chi connectivity index (χ1v) is 14.0. The highest BCUT2D eigenvalue weighted by atomic mass is 35.5. The van der Waals surface area contributed by atoms with Crippen LogP contribution in [0, 0.1) is 5.92 Å². The fourth-order valence-corrected chi connectivity index (χ4v) is 5.39. The Morgan fingerprint density at radius 1 is 1.00 bits per heavy atom. The SMILES string of the molecule is CC1CCCC(n2cnc(-c3cc(Cl)ccc3Nc3cnccn3)cc2=O)c2cc(ccn2)-c2c(cnn2C)NC1=O. The summed E-state index contributed by atoms with van der Waals surface area (Å²) in [6, 6.07) is 10.3. The predicted octanol–water partition coefficient (Wildman–Crippen LogP) is 5.24. The van der Waals surface area contributed by atoms with Crippen molar-refractivity contribution in [3.05, 3.63) is 94.8 Å². The average molecular weight is 582 g/mol. The number of nitrogens with one attached hydrogen (secondary N) is 2. The second-order valence-corrected chi connectivity index (χ2v) is 10.7. The van der Waals surface area contributed by atoms with Gasteiger partial charge in [0.1, 0.15) is 5.82 Å². The molecule has 42 heavy (non-hydrogen) atoms. The highest BCUT2D eigenvalue weighted by Crippen LogP contribution is 2.34. The number of carbonyl (C=O) groups is 1. The van der Waals surface area contributed by atoms with E-state index in [4.69, 9.17) is 11.6 Å². The lowest BCUT2D eigenvalue weighted by atomic mass is 9.97. The number of carbonyl (C=O) groups excluding carboxylic acids is 1. The fourth-order valence-electron chi connectivity index (χ4n) is 5.21. The molecule has 5 heterocycles. The number of rotatable bonds is 4. The van der Waals surface area contributed by atoms with Gasteiger partial charge in [-0.3, -0.25) is 28.8 Å². The smallest absolute Gasteiger partial charge is 0.254 e. The molecule has 2 atom stereocenters. The van der Waals surface area contributed by atoms with E-state index in [1.165, 1.54) is 6.07 Å². The van der Waals surface area contributed by atoms with Gasteiger partial charge in [-0.25, -0.2) is 9.97 Å². The lowest BCUT2D eigenvalue weighted by Gasteiger charge is -2.22. The molecule has 2 bridgehead atoms. The molecule has 2 unspecified atom stereocenters. The first-order chi connectivity index (χ1) is 20.4. The number of aryl methyl sites for hydroxylation is 1. The number of pyridine rings is 1. The van der Waals surface area contributed by atoms with Gasteiger partial charge in [0.25, 0.3) is 5.56 Å². The summed E-state index contributed by atoms with van der Waals surface area (Å²) in [5.41, 5.74) is 4.53. The number of amides is 1. The molecule has 1 amide bonds. The van der Waals surface area contributed by atoms with Gasteiger partial charge in [0.05, 0.1) is 47.5 Å². The Labute approximate surface area is 246 Å². The fraction of sp³-hybridized carbons (Fsp3) is 0.233. The van der Waals surface area contributed by atoms with Crippen molar-refractivity contribution in [1.82, 2.24) is 34.3 Å². The summed E-state index contributed by atoms with van der Waals surface area (Å²) >= 11 is 6.34. The average Bonchev–Trinajstić information content (AvgIpc) is 3.36. The summed E-state index contributed by atoms with van der Waals surface area (Å²) < 4.78 is 3.33. The highest BCUT2D eigenvalue weighted by molar-refractivity contribution is 6.31. The molecule has 212 valence electrons. The molecule has 12 heteroatoms. The van der Waals surface area contributed by atoms with Crippen LogP contribution in [0.1, 0.15) is 37.9 Å². The predicted molar refractivity (Wildman–Crippen MR) is 160 cm³/mol. The lowest BCUT2D eigenvalue weighted by Crippen LogP contribution is -2.27. The second kappa shape index (κ2) is 11.5. The molecule has 4 aromatic heterocycles. The topological polar surface area (TPSA) is 133 Å². The van der Waals surface area contributed by atoms with Crippen LogP contribution in [0.2, 0.25) is 5.02 Å². The summed E-state index contributed by atoms with van der Waals surface area (Å²) in [5.74, 6) is 0.268. The van der Waals surface area contributed by atoms with Crippen molar-refractivity contribution in [3.8, 4) is 22.5 Å². The van der Waals surface area contributed by atoms with Crippen LogP contribution in [0.3, 0.4) is 0 Å². The summed E-state index contributed by atoms with van der Waals surface area (Å²) in [5, 5.41) is 11.1. The Bertz CT molecular complexity index is 1820. The minimum atomic E-state index is -0.387. The van der Waals surface area contributed by atoms with E-state index in [2.05, 4.69) is 35.7 Å². The van der Waals surface area contributed by atoms with Crippen molar-refractivity contribution in [1.29, 1.82) is 0 Å². The summed E-state index contributed by atoms with van der Waals surface area (Å²) in [4.78, 5) is 44.4. The maximum Gasteiger partial charge on any atom is 0.254 e. The zero-order valence-corrected chi connectivity index (χ0v) is 23.8. The molecule has 1 aliphatic heterocycles. The molecule has 0 aliphatic carbocycles. The van der Waals surface area contributed by atoms with E-state index < -0.39 is 0 Å². The lowest BCUT2D eigenvalue weighted by molar-refractivity contribution is -0.119. The summed E-state index contributed by atoms with van der Waals surface area (Å²) in [6.07, 6.45) is 11.7. The molecular formula is C30H28ClN9O2. The molecule has 0 saturated carbocycles. The summed E-state index contributed by atoms with van der Waals surface area (Å²) in [6.45, 7) is 1.91. The molecule has 5 aromatic rings. The maximum atomic E-state index is 13.7. The van der Waals surface area contributed by atoms with Crippen LogP contribution in [0.15, 0.2) is 78.5 Å². The van der Waals surface area contributed by atoms with Crippen LogP contribution in [-0.2, 0) is 11.8 Å². The maximum absolute atomic E-state index is 13.7. The molecule has 1 aliphatic rings. The van der Waals surface area contributed by atoms with Gasteiger partial charge >= 0.3 is 0 Å². The first-order valence-electron chi connectivity index (χ1n) is 13.6. The standard InChI is InChI=1S/C30H28ClN9O2/c1-18-4-3-5-26(24-12-19(8-9-33-24)29-25(38-30(18)42)15-36-39(29)2)40-17-35-23(14-28(40)41)21-13-20(31)6-7-22(21)37-27-16-32-10-11-34-27/h6-18,26H,3-5H2,1-2H3,(H,34,37)(H,38,42). The summed E-state index contributed by atoms with van der Waals surface area (Å²) in [7, 11) is 1.83. The van der Waals surface area contributed by atoms with Crippen molar-refractivity contribution < 1.29 is 4.79 Å². The monoisotopic (exact) mass is 581 g/mol. The first kappa shape index (κ1) is 27.3. The Morgan fingerprint density at radius 3 is 2.69 bits per heavy atom. The molecule has 0 saturated heterocycles. The van der Waals surface area contributed by atoms with E-state index in [1.54, 1.807) is 58.7 Å². The third kappa shape index (κ3) is 5.51. The molecule has 1 aromatic carbocycles. The Kier molecular flexibility index (Phi) is 7.49. The number of fused-ring (bicyclic) bond motifs is 4. The number of anilines is 3. The number of aromatic nitrogens is 7. The molecule has 2 N–H and O–H groups in total. The van der Waals surface area contributed by atoms with E-state index in [-0.39, 0.29) is 23.4 Å². The van der Waals surface area contributed by atoms with Crippen LogP contribution >= 0.6 is 11.6 Å². The molecule has 0 spiro atoms. The van der Waals surface area contributed by atoms with E-state index in [9.17, 15) is 9.59 Å². The van der Waals surface area contributed by atoms with E-state index in [0.717, 1.165) is 17.0 Å². The van der Waals surface area contributed by atoms with Crippen LogP contribution in [0.5, 0.6) is 0 Å². The number of halogens is 1. The van der Waals surface area contributed by atoms with Gasteiger partial charge in [0.2, 0.25) is 5.91 Å². The Hall–Kier alpha value is -4.90. The van der Waals surface area contributed by atoms with E-state index >= 15 is 0 Å². The van der Waals surface area contributed by atoms with E-state index in [0.29, 0.717) is 52.7 Å². The minimum Gasteiger partial charge on any atom is -0.338 e. The zero-order valence-electron chi connectivity index (χ0n) is 23.0. The van der Waals surface area contributed by atoms with Gasteiger partial charge in [-0.05, 0) is 43.2 Å². The van der Waals surface area contributed by atoms with Crippen molar-refractivity contribution in [2.24, 2.45) is 13.0 Å². The zero-order chi connectivity index (χ0) is 29.2. The van der Waals surface area contributed by atoms with Crippen molar-refractivity contribution in [3.63, 3.8) is 0 Å². The normalized spacial score (nSPS) is 17.0. The molecule has 0 radical (unpaired) electrons. The molecular weight excluding hydrogens is 554 g/mol. The van der Waals surface area contributed by atoms with Crippen molar-refractivity contribution in [2.45, 2.75) is 32.2 Å². The molecule has 0 fully saturated rings. The number of hydrogen-bond donors (Lipinski definition) is 2. The van der Waals surface area contributed by atoms with Crippen LogP contribution in [0.25, 0.3) is 22.5 Å². The molecule has 6 rings (SSSR count). The second-order valence-electron chi connectivity index (χ2n) is 10.3. The van der Waals surface area contributed by atoms with Crippen molar-refractivity contribution >= 4 is 34.7 Å². The van der Waals surface area contributed by atoms with Crippen LogP contribution in [-0.4, -0.2) is 40.2 Å². The van der Waals surface area contributed by atoms with Gasteiger partial charge in [-0.1, -0.05) is 24.9 Å². The quantitative estimate of drug-likeness (QED) is 0.294. The van der Waals surface area contributed by atoms with Crippen LogP contribution < -0.4 is 16.2 Å². The Morgan fingerprint density at radius 2 is 1.88 bits per heavy atom. The van der Waals surface area contributed by atoms with Crippen LogP contribution in [0.4, 0.5) is 17.2 Å². The third-order valence-corrected chi connectivity index (χ3v) is 7.65. The van der Waals surface area contributed by atoms with Gasteiger partial charge < -0.3 is 10.6 Å². The third-order valence-electron chi connectivity index (χ3n) is 7.41. The largest absolute Gasteiger partial charge is 0.338 e. The highest BCUT2D eigenvalue weighted by Gasteiger charge is 2.24.